The summed E-state index contributed by atoms with van der Waals surface area (Å²) in [6.45, 7) is 1.67. The summed E-state index contributed by atoms with van der Waals surface area (Å²) in [6.07, 6.45) is 0.732. The Hall–Kier alpha value is -3.15. The van der Waals surface area contributed by atoms with Crippen LogP contribution in [0.15, 0.2) is 41.1 Å². The number of ether oxygens (including phenoxy) is 1. The van der Waals surface area contributed by atoms with Gasteiger partial charge < -0.3 is 10.1 Å². The number of nitrogens with zero attached hydrogens (tertiary/aromatic N) is 4. The lowest BCUT2D eigenvalue weighted by atomic mass is 10.1. The molecule has 0 atom stereocenters. The van der Waals surface area contributed by atoms with Crippen LogP contribution in [0, 0.1) is 6.92 Å². The Labute approximate surface area is 206 Å². The number of benzene rings is 1. The van der Waals surface area contributed by atoms with E-state index in [1.807, 2.05) is 0 Å². The molecule has 33 heavy (non-hydrogen) atoms. The molecule has 0 saturated carbocycles. The van der Waals surface area contributed by atoms with Crippen molar-refractivity contribution in [2.45, 2.75) is 6.92 Å². The molecular formula is C20H17BrCl2N6O4. The summed E-state index contributed by atoms with van der Waals surface area (Å²) in [5, 5.41) is 8.37. The minimum absolute atomic E-state index is 0.0325. The number of halogens is 3. The lowest BCUT2D eigenvalue weighted by Gasteiger charge is -2.19. The number of pyridine rings is 1. The molecule has 3 amide bonds. The number of aromatic nitrogens is 3. The maximum atomic E-state index is 13.2. The topological polar surface area (TPSA) is 118 Å². The van der Waals surface area contributed by atoms with Crippen LogP contribution >= 0.6 is 39.1 Å². The number of carbonyl (C=O) groups is 3. The molecule has 172 valence electrons. The Morgan fingerprint density at radius 3 is 2.58 bits per heavy atom. The fourth-order valence-corrected chi connectivity index (χ4v) is 3.72. The molecule has 0 aliphatic heterocycles. The second-order valence-corrected chi connectivity index (χ2v) is 8.30. The highest BCUT2D eigenvalue weighted by atomic mass is 79.9. The molecule has 10 nitrogen and oxygen atoms in total. The van der Waals surface area contributed by atoms with Crippen molar-refractivity contribution in [3.8, 4) is 5.82 Å². The van der Waals surface area contributed by atoms with Gasteiger partial charge in [0.25, 0.3) is 11.8 Å². The van der Waals surface area contributed by atoms with Crippen molar-refractivity contribution in [2.75, 3.05) is 19.5 Å². The standard InChI is InChI=1S/C20H17BrCl2N6O4/c1-10-7-11(22)8-12(18(30)27-28(2)20(32)33-3)16(10)25-19(31)14-9-15(21)26-29(14)17-13(23)5-4-6-24-17/h4-9H,1-3H3,(H,25,31)(H,27,30). The smallest absolute Gasteiger partial charge is 0.428 e. The van der Waals surface area contributed by atoms with Crippen molar-refractivity contribution in [1.82, 2.24) is 25.2 Å². The molecule has 0 aliphatic carbocycles. The van der Waals surface area contributed by atoms with Gasteiger partial charge >= 0.3 is 6.09 Å². The quantitative estimate of drug-likeness (QED) is 0.465. The van der Waals surface area contributed by atoms with Crippen molar-refractivity contribution >= 4 is 62.7 Å². The number of carbonyl (C=O) groups excluding carboxylic acids is 3. The minimum atomic E-state index is -0.784. The summed E-state index contributed by atoms with van der Waals surface area (Å²) in [6, 6.07) is 7.70. The predicted molar refractivity (Wildman–Crippen MR) is 126 cm³/mol. The number of amides is 3. The second-order valence-electron chi connectivity index (χ2n) is 6.64. The average molecular weight is 556 g/mol. The molecule has 0 aliphatic rings. The molecule has 1 aromatic carbocycles. The number of hydrogen-bond acceptors (Lipinski definition) is 6. The molecule has 2 aromatic heterocycles. The number of aryl methyl sites for hydroxylation is 1. The van der Waals surface area contributed by atoms with E-state index in [2.05, 4.69) is 41.5 Å². The van der Waals surface area contributed by atoms with E-state index in [4.69, 9.17) is 23.2 Å². The van der Waals surface area contributed by atoms with Gasteiger partial charge in [0.1, 0.15) is 10.3 Å². The van der Waals surface area contributed by atoms with Gasteiger partial charge in [-0.2, -0.15) is 5.10 Å². The molecule has 13 heteroatoms. The van der Waals surface area contributed by atoms with Gasteiger partial charge in [0.05, 0.1) is 23.4 Å². The van der Waals surface area contributed by atoms with Crippen molar-refractivity contribution in [3.05, 3.63) is 68.0 Å². The largest absolute Gasteiger partial charge is 0.452 e. The second kappa shape index (κ2) is 10.2. The summed E-state index contributed by atoms with van der Waals surface area (Å²) < 4.78 is 6.21. The fourth-order valence-electron chi connectivity index (χ4n) is 2.87. The molecule has 2 N–H and O–H groups in total. The molecule has 0 radical (unpaired) electrons. The van der Waals surface area contributed by atoms with Gasteiger partial charge in [0.2, 0.25) is 0 Å². The molecule has 0 saturated heterocycles. The molecule has 0 spiro atoms. The number of nitrogens with one attached hydrogen (secondary N) is 2. The Bertz CT molecular complexity index is 1250. The first-order valence-corrected chi connectivity index (χ1v) is 10.8. The van der Waals surface area contributed by atoms with Crippen LogP contribution in [0.1, 0.15) is 26.4 Å². The van der Waals surface area contributed by atoms with Crippen molar-refractivity contribution in [1.29, 1.82) is 0 Å². The van der Waals surface area contributed by atoms with E-state index in [0.717, 1.165) is 5.01 Å². The van der Waals surface area contributed by atoms with Crippen LogP contribution in [0.3, 0.4) is 0 Å². The Morgan fingerprint density at radius 2 is 1.91 bits per heavy atom. The van der Waals surface area contributed by atoms with Gasteiger partial charge in [-0.05, 0) is 52.7 Å². The average Bonchev–Trinajstić information content (AvgIpc) is 3.16. The molecule has 2 heterocycles. The zero-order valence-corrected chi connectivity index (χ0v) is 20.6. The summed E-state index contributed by atoms with van der Waals surface area (Å²) in [5.74, 6) is -1.03. The van der Waals surface area contributed by atoms with Crippen LogP contribution in [0.2, 0.25) is 10.0 Å². The van der Waals surface area contributed by atoms with E-state index in [-0.39, 0.29) is 32.8 Å². The molecule has 0 unspecified atom stereocenters. The van der Waals surface area contributed by atoms with Crippen molar-refractivity contribution < 1.29 is 19.1 Å². The highest BCUT2D eigenvalue weighted by Gasteiger charge is 2.23. The van der Waals surface area contributed by atoms with Gasteiger partial charge in [0.15, 0.2) is 5.82 Å². The van der Waals surface area contributed by atoms with Crippen molar-refractivity contribution in [3.63, 3.8) is 0 Å². The lowest BCUT2D eigenvalue weighted by molar-refractivity contribution is 0.0767. The van der Waals surface area contributed by atoms with E-state index < -0.39 is 17.9 Å². The molecule has 3 rings (SSSR count). The fraction of sp³-hybridized carbons (Fsp3) is 0.150. The van der Waals surface area contributed by atoms with E-state index >= 15 is 0 Å². The van der Waals surface area contributed by atoms with Gasteiger partial charge in [-0.15, -0.1) is 0 Å². The highest BCUT2D eigenvalue weighted by Crippen LogP contribution is 2.28. The summed E-state index contributed by atoms with van der Waals surface area (Å²) in [4.78, 5) is 41.8. The molecular weight excluding hydrogens is 539 g/mol. The molecule has 0 fully saturated rings. The zero-order chi connectivity index (χ0) is 24.3. The SMILES string of the molecule is COC(=O)N(C)NC(=O)c1cc(Cl)cc(C)c1NC(=O)c1cc(Br)nn1-c1ncccc1Cl. The van der Waals surface area contributed by atoms with Gasteiger partial charge in [0, 0.05) is 24.3 Å². The monoisotopic (exact) mass is 554 g/mol. The van der Waals surface area contributed by atoms with Gasteiger partial charge in [-0.1, -0.05) is 23.2 Å². The third-order valence-corrected chi connectivity index (χ3v) is 5.25. The van der Waals surface area contributed by atoms with Crippen LogP contribution in [0.5, 0.6) is 0 Å². The van der Waals surface area contributed by atoms with Crippen LogP contribution in [-0.2, 0) is 4.74 Å². The molecule has 3 aromatic rings. The Morgan fingerprint density at radius 1 is 1.18 bits per heavy atom. The van der Waals surface area contributed by atoms with Crippen molar-refractivity contribution in [2.24, 2.45) is 0 Å². The predicted octanol–water partition coefficient (Wildman–Crippen LogP) is 4.24. The van der Waals surface area contributed by atoms with Crippen LogP contribution in [0.25, 0.3) is 5.82 Å². The minimum Gasteiger partial charge on any atom is -0.452 e. The third-order valence-electron chi connectivity index (χ3n) is 4.35. The number of anilines is 1. The third kappa shape index (κ3) is 5.44. The first kappa shape index (κ1) is 24.5. The van der Waals surface area contributed by atoms with Gasteiger partial charge in [-0.3, -0.25) is 15.0 Å². The number of rotatable bonds is 4. The number of methoxy groups -OCH3 is 1. The van der Waals surface area contributed by atoms with Gasteiger partial charge in [-0.25, -0.2) is 19.5 Å². The van der Waals surface area contributed by atoms with E-state index in [1.165, 1.54) is 37.2 Å². The summed E-state index contributed by atoms with van der Waals surface area (Å²) in [7, 11) is 2.49. The summed E-state index contributed by atoms with van der Waals surface area (Å²) in [5.41, 5.74) is 3.21. The first-order valence-electron chi connectivity index (χ1n) is 9.23. The Balaban J connectivity index is 1.98. The zero-order valence-electron chi connectivity index (χ0n) is 17.5. The maximum Gasteiger partial charge on any atom is 0.428 e. The summed E-state index contributed by atoms with van der Waals surface area (Å²) >= 11 is 15.6. The lowest BCUT2D eigenvalue weighted by Crippen LogP contribution is -2.43. The van der Waals surface area contributed by atoms with Crippen LogP contribution in [0.4, 0.5) is 10.5 Å². The Kier molecular flexibility index (Phi) is 7.57. The van der Waals surface area contributed by atoms with E-state index in [9.17, 15) is 14.4 Å². The van der Waals surface area contributed by atoms with Crippen LogP contribution in [-0.4, -0.2) is 51.8 Å². The highest BCUT2D eigenvalue weighted by molar-refractivity contribution is 9.10. The van der Waals surface area contributed by atoms with E-state index in [0.29, 0.717) is 10.2 Å². The number of hydrogen-bond donors (Lipinski definition) is 2. The molecule has 0 bridgehead atoms. The van der Waals surface area contributed by atoms with E-state index in [1.54, 1.807) is 25.1 Å². The van der Waals surface area contributed by atoms with Crippen LogP contribution < -0.4 is 10.7 Å². The first-order chi connectivity index (χ1) is 15.6. The number of hydrazine groups is 1. The normalized spacial score (nSPS) is 10.5. The maximum absolute atomic E-state index is 13.2.